The predicted molar refractivity (Wildman–Crippen MR) is 116 cm³/mol. The Hall–Kier alpha value is -3.41. The summed E-state index contributed by atoms with van der Waals surface area (Å²) < 4.78 is 21.5. The zero-order valence-electron chi connectivity index (χ0n) is 17.9. The van der Waals surface area contributed by atoms with Gasteiger partial charge in [-0.05, 0) is 36.8 Å². The molecule has 2 atom stereocenters. The maximum absolute atomic E-state index is 12.5. The van der Waals surface area contributed by atoms with Crippen molar-refractivity contribution in [3.63, 3.8) is 0 Å². The Bertz CT molecular complexity index is 954. The molecule has 1 heterocycles. The third kappa shape index (κ3) is 5.81. The van der Waals surface area contributed by atoms with Gasteiger partial charge in [0.05, 0.1) is 33.9 Å². The fourth-order valence-electron chi connectivity index (χ4n) is 3.26. The zero-order valence-corrected chi connectivity index (χ0v) is 17.9. The van der Waals surface area contributed by atoms with Gasteiger partial charge in [0, 0.05) is 5.56 Å². The number of amides is 1. The van der Waals surface area contributed by atoms with E-state index in [9.17, 15) is 4.79 Å². The van der Waals surface area contributed by atoms with E-state index in [2.05, 4.69) is 28.0 Å². The molecule has 164 valence electrons. The van der Waals surface area contributed by atoms with Crippen LogP contribution in [0.3, 0.4) is 0 Å². The van der Waals surface area contributed by atoms with Crippen molar-refractivity contribution in [3.8, 4) is 34.8 Å². The normalized spacial score (nSPS) is 17.3. The van der Waals surface area contributed by atoms with Crippen LogP contribution in [0.1, 0.15) is 18.0 Å². The molecule has 0 saturated carbocycles. The van der Waals surface area contributed by atoms with Crippen molar-refractivity contribution in [3.05, 3.63) is 48.0 Å². The summed E-state index contributed by atoms with van der Waals surface area (Å²) in [5.74, 6) is 8.40. The lowest BCUT2D eigenvalue weighted by atomic mass is 10.0. The van der Waals surface area contributed by atoms with E-state index in [0.29, 0.717) is 17.9 Å². The maximum atomic E-state index is 12.5. The van der Waals surface area contributed by atoms with Crippen molar-refractivity contribution < 1.29 is 23.7 Å². The van der Waals surface area contributed by atoms with Crippen molar-refractivity contribution in [2.45, 2.75) is 18.5 Å². The molecule has 2 aromatic carbocycles. The van der Waals surface area contributed by atoms with Crippen LogP contribution in [0.5, 0.6) is 23.0 Å². The largest absolute Gasteiger partial charge is 0.497 e. The average Bonchev–Trinajstić information content (AvgIpc) is 3.31. The van der Waals surface area contributed by atoms with Crippen LogP contribution < -0.4 is 35.1 Å². The molecule has 31 heavy (non-hydrogen) atoms. The molecule has 0 bridgehead atoms. The molecular formula is C23H27N3O5. The number of rotatable bonds is 8. The minimum atomic E-state index is -0.382. The first kappa shape index (κ1) is 22.3. The highest BCUT2D eigenvalue weighted by Crippen LogP contribution is 2.33. The lowest BCUT2D eigenvalue weighted by Gasteiger charge is -2.15. The Kier molecular flexibility index (Phi) is 7.98. The van der Waals surface area contributed by atoms with Crippen LogP contribution in [0.15, 0.2) is 42.5 Å². The van der Waals surface area contributed by atoms with E-state index in [1.54, 1.807) is 21.3 Å². The maximum Gasteiger partial charge on any atom is 0.239 e. The van der Waals surface area contributed by atoms with Gasteiger partial charge >= 0.3 is 0 Å². The Balaban J connectivity index is 1.46. The zero-order chi connectivity index (χ0) is 22.1. The van der Waals surface area contributed by atoms with E-state index in [4.69, 9.17) is 18.9 Å². The number of methoxy groups -OCH3 is 3. The van der Waals surface area contributed by atoms with Crippen LogP contribution in [-0.2, 0) is 4.79 Å². The fourth-order valence-corrected chi connectivity index (χ4v) is 3.26. The molecule has 3 N–H and O–H groups in total. The third-order valence-corrected chi connectivity index (χ3v) is 4.88. The van der Waals surface area contributed by atoms with Gasteiger partial charge in [-0.3, -0.25) is 4.79 Å². The van der Waals surface area contributed by atoms with Crippen LogP contribution in [0.25, 0.3) is 0 Å². The standard InChI is InChI=1S/C23H27N3O5/c1-28-16-10-11-20(29-2)17(14-16)18-15-19(26-25-18)23(27)24-12-6-7-13-31-22-9-5-4-8-21(22)30-3/h4-5,8-11,14,18-19,25-26H,12-13,15H2,1-3H3,(H,24,27). The smallest absolute Gasteiger partial charge is 0.239 e. The molecule has 0 aromatic heterocycles. The highest BCUT2D eigenvalue weighted by molar-refractivity contribution is 5.82. The monoisotopic (exact) mass is 425 g/mol. The van der Waals surface area contributed by atoms with Gasteiger partial charge in [0.15, 0.2) is 11.5 Å². The summed E-state index contributed by atoms with van der Waals surface area (Å²) in [6, 6.07) is 12.5. The summed E-state index contributed by atoms with van der Waals surface area (Å²) in [6.07, 6.45) is 0.569. The minimum absolute atomic E-state index is 0.0823. The first-order chi connectivity index (χ1) is 15.2. The second-order valence-electron chi connectivity index (χ2n) is 6.75. The van der Waals surface area contributed by atoms with E-state index < -0.39 is 0 Å². The number of benzene rings is 2. The number of ether oxygens (including phenoxy) is 4. The summed E-state index contributed by atoms with van der Waals surface area (Å²) in [4.78, 5) is 12.5. The Morgan fingerprint density at radius 3 is 2.52 bits per heavy atom. The number of hydrogen-bond donors (Lipinski definition) is 3. The third-order valence-electron chi connectivity index (χ3n) is 4.88. The Morgan fingerprint density at radius 2 is 1.77 bits per heavy atom. The van der Waals surface area contributed by atoms with Crippen molar-refractivity contribution in [2.24, 2.45) is 0 Å². The van der Waals surface area contributed by atoms with E-state index in [-0.39, 0.29) is 31.1 Å². The summed E-state index contributed by atoms with van der Waals surface area (Å²) in [5, 5.41) is 2.82. The number of carbonyl (C=O) groups is 1. The second-order valence-corrected chi connectivity index (χ2v) is 6.75. The average molecular weight is 425 g/mol. The molecule has 0 radical (unpaired) electrons. The van der Waals surface area contributed by atoms with Crippen molar-refractivity contribution in [2.75, 3.05) is 34.5 Å². The summed E-state index contributed by atoms with van der Waals surface area (Å²) in [6.45, 7) is 0.441. The van der Waals surface area contributed by atoms with Crippen molar-refractivity contribution in [1.29, 1.82) is 0 Å². The van der Waals surface area contributed by atoms with E-state index in [0.717, 1.165) is 17.1 Å². The van der Waals surface area contributed by atoms with E-state index in [1.807, 2.05) is 42.5 Å². The van der Waals surface area contributed by atoms with Gasteiger partial charge in [-0.2, -0.15) is 0 Å². The highest BCUT2D eigenvalue weighted by Gasteiger charge is 2.31. The molecule has 3 rings (SSSR count). The topological polar surface area (TPSA) is 90.1 Å². The fraction of sp³-hybridized carbons (Fsp3) is 0.348. The van der Waals surface area contributed by atoms with Gasteiger partial charge in [-0.1, -0.05) is 24.0 Å². The number of hydrazine groups is 1. The highest BCUT2D eigenvalue weighted by atomic mass is 16.5. The molecular weight excluding hydrogens is 398 g/mol. The number of hydrogen-bond acceptors (Lipinski definition) is 7. The SMILES string of the molecule is COc1ccc(OC)c(C2CC(C(=O)NCC#CCOc3ccccc3OC)NN2)c1. The molecule has 2 aromatic rings. The second kappa shape index (κ2) is 11.1. The summed E-state index contributed by atoms with van der Waals surface area (Å²) in [7, 11) is 4.82. The van der Waals surface area contributed by atoms with Gasteiger partial charge in [0.25, 0.3) is 0 Å². The Labute approximate surface area is 182 Å². The lowest BCUT2D eigenvalue weighted by molar-refractivity contribution is -0.122. The molecule has 8 heteroatoms. The van der Waals surface area contributed by atoms with Crippen molar-refractivity contribution >= 4 is 5.91 Å². The summed E-state index contributed by atoms with van der Waals surface area (Å²) in [5.41, 5.74) is 7.12. The quantitative estimate of drug-likeness (QED) is 0.556. The van der Waals surface area contributed by atoms with E-state index in [1.165, 1.54) is 0 Å². The molecule has 1 fully saturated rings. The van der Waals surface area contributed by atoms with Gasteiger partial charge in [0.2, 0.25) is 5.91 Å². The molecule has 2 unspecified atom stereocenters. The first-order valence-electron chi connectivity index (χ1n) is 9.88. The molecule has 1 amide bonds. The number of para-hydroxylation sites is 2. The van der Waals surface area contributed by atoms with E-state index >= 15 is 0 Å². The van der Waals surface area contributed by atoms with Gasteiger partial charge in [-0.15, -0.1) is 0 Å². The van der Waals surface area contributed by atoms with Crippen LogP contribution in [-0.4, -0.2) is 46.4 Å². The number of nitrogens with one attached hydrogen (secondary N) is 3. The molecule has 8 nitrogen and oxygen atoms in total. The van der Waals surface area contributed by atoms with Crippen LogP contribution in [0, 0.1) is 11.8 Å². The molecule has 1 aliphatic rings. The van der Waals surface area contributed by atoms with Gasteiger partial charge in [0.1, 0.15) is 24.1 Å². The van der Waals surface area contributed by atoms with Crippen LogP contribution in [0.2, 0.25) is 0 Å². The Morgan fingerprint density at radius 1 is 1.00 bits per heavy atom. The predicted octanol–water partition coefficient (Wildman–Crippen LogP) is 1.82. The minimum Gasteiger partial charge on any atom is -0.497 e. The molecule has 0 aliphatic carbocycles. The molecule has 1 saturated heterocycles. The summed E-state index contributed by atoms with van der Waals surface area (Å²) >= 11 is 0. The number of carbonyl (C=O) groups excluding carboxylic acids is 1. The molecule has 0 spiro atoms. The van der Waals surface area contributed by atoms with Crippen LogP contribution >= 0.6 is 0 Å². The first-order valence-corrected chi connectivity index (χ1v) is 9.88. The lowest BCUT2D eigenvalue weighted by Crippen LogP contribution is -2.43. The van der Waals surface area contributed by atoms with Crippen molar-refractivity contribution in [1.82, 2.24) is 16.2 Å². The van der Waals surface area contributed by atoms with Gasteiger partial charge < -0.3 is 24.3 Å². The van der Waals surface area contributed by atoms with Gasteiger partial charge in [-0.25, -0.2) is 10.9 Å². The molecule has 1 aliphatic heterocycles. The van der Waals surface area contributed by atoms with Crippen LogP contribution in [0.4, 0.5) is 0 Å².